The third-order valence-corrected chi connectivity index (χ3v) is 9.07. The number of hydrogen-bond acceptors (Lipinski definition) is 6. The van der Waals surface area contributed by atoms with Crippen LogP contribution in [0.15, 0.2) is 71.9 Å². The maximum absolute atomic E-state index is 13.3. The number of nitrogens with zero attached hydrogens (tertiary/aromatic N) is 2. The normalized spacial score (nSPS) is 14.9. The molecular weight excluding hydrogens is 514 g/mol. The summed E-state index contributed by atoms with van der Waals surface area (Å²) < 4.78 is 27.7. The van der Waals surface area contributed by atoms with Crippen molar-refractivity contribution in [2.45, 2.75) is 56.1 Å². The fraction of sp³-hybridized carbons (Fsp3) is 0.400. The van der Waals surface area contributed by atoms with Crippen LogP contribution in [0.5, 0.6) is 0 Å². The van der Waals surface area contributed by atoms with Gasteiger partial charge in [0, 0.05) is 43.6 Å². The Kier molecular flexibility index (Phi) is 8.86. The summed E-state index contributed by atoms with van der Waals surface area (Å²) in [6.45, 7) is 4.45. The average Bonchev–Trinajstić information content (AvgIpc) is 3.29. The van der Waals surface area contributed by atoms with E-state index in [4.69, 9.17) is 5.11 Å². The van der Waals surface area contributed by atoms with Gasteiger partial charge in [-0.25, -0.2) is 8.42 Å². The van der Waals surface area contributed by atoms with E-state index < -0.39 is 22.1 Å². The lowest BCUT2D eigenvalue weighted by atomic mass is 9.88. The summed E-state index contributed by atoms with van der Waals surface area (Å²) in [5.74, 6) is -0.375. The third-order valence-electron chi connectivity index (χ3n) is 7.28. The quantitative estimate of drug-likeness (QED) is 0.315. The zero-order valence-electron chi connectivity index (χ0n) is 22.7. The summed E-state index contributed by atoms with van der Waals surface area (Å²) >= 11 is 0. The minimum atomic E-state index is -3.89. The molecule has 0 aliphatic heterocycles. The number of aliphatic hydroxyl groups excluding tert-OH is 1. The molecule has 0 radical (unpaired) electrons. The van der Waals surface area contributed by atoms with Gasteiger partial charge in [-0.15, -0.1) is 0 Å². The van der Waals surface area contributed by atoms with Gasteiger partial charge in [0.2, 0.25) is 10.0 Å². The number of aliphatic hydroxyl groups is 1. The molecule has 1 heterocycles. The van der Waals surface area contributed by atoms with Crippen molar-refractivity contribution in [3.05, 3.63) is 83.7 Å². The highest BCUT2D eigenvalue weighted by Crippen LogP contribution is 2.32. The number of benzene rings is 2. The van der Waals surface area contributed by atoms with Crippen molar-refractivity contribution in [3.8, 4) is 11.1 Å². The van der Waals surface area contributed by atoms with Crippen molar-refractivity contribution >= 4 is 16.0 Å². The molecule has 8 nitrogen and oxygen atoms in total. The Morgan fingerprint density at radius 3 is 2.33 bits per heavy atom. The Bertz CT molecular complexity index is 1380. The number of fused-ring (bicyclic) bond motifs is 1. The standard InChI is InChI=1S/C30H37N3O5S/c1-30(2,16-22-12-24-6-4-5-7-25(24)13-22)32-18-27(34)20-33(3)39(37,38)28-15-26(17-31-19-28)23-10-8-21(9-11-23)14-29(35)36/h4-11,15,17,19,22,27,32,34H,12-14,16,18,20H2,1-3H3,(H,35,36)/t27-/m1/s1. The predicted molar refractivity (Wildman–Crippen MR) is 151 cm³/mol. The highest BCUT2D eigenvalue weighted by Gasteiger charge is 2.29. The lowest BCUT2D eigenvalue weighted by molar-refractivity contribution is -0.136. The van der Waals surface area contributed by atoms with Crippen LogP contribution in [0.2, 0.25) is 0 Å². The molecule has 2 aromatic carbocycles. The molecule has 0 spiro atoms. The number of sulfonamides is 1. The Morgan fingerprint density at radius 1 is 1.08 bits per heavy atom. The first-order valence-electron chi connectivity index (χ1n) is 13.2. The Morgan fingerprint density at radius 2 is 1.72 bits per heavy atom. The van der Waals surface area contributed by atoms with Crippen molar-refractivity contribution in [1.82, 2.24) is 14.6 Å². The molecule has 0 fully saturated rings. The topological polar surface area (TPSA) is 120 Å². The highest BCUT2D eigenvalue weighted by atomic mass is 32.2. The number of β-amino-alcohol motifs (C(OH)–C–C–N with tert-alkyl or cyclic N) is 1. The molecule has 3 N–H and O–H groups in total. The van der Waals surface area contributed by atoms with E-state index in [0.29, 0.717) is 17.0 Å². The van der Waals surface area contributed by atoms with Gasteiger partial charge in [-0.1, -0.05) is 48.5 Å². The first-order chi connectivity index (χ1) is 18.4. The zero-order chi connectivity index (χ0) is 28.2. The molecular formula is C30H37N3O5S. The van der Waals surface area contributed by atoms with Gasteiger partial charge in [-0.05, 0) is 67.3 Å². The molecule has 1 atom stereocenters. The van der Waals surface area contributed by atoms with Crippen molar-refractivity contribution < 1.29 is 23.4 Å². The van der Waals surface area contributed by atoms with Crippen molar-refractivity contribution in [3.63, 3.8) is 0 Å². The minimum Gasteiger partial charge on any atom is -0.481 e. The number of carbonyl (C=O) groups is 1. The average molecular weight is 552 g/mol. The van der Waals surface area contributed by atoms with Crippen LogP contribution in [0, 0.1) is 5.92 Å². The van der Waals surface area contributed by atoms with Gasteiger partial charge in [0.05, 0.1) is 12.5 Å². The van der Waals surface area contributed by atoms with Gasteiger partial charge >= 0.3 is 5.97 Å². The van der Waals surface area contributed by atoms with Crippen LogP contribution in [0.1, 0.15) is 37.0 Å². The maximum atomic E-state index is 13.3. The highest BCUT2D eigenvalue weighted by molar-refractivity contribution is 7.89. The van der Waals surface area contributed by atoms with Crippen LogP contribution >= 0.6 is 0 Å². The minimum absolute atomic E-state index is 0.0263. The van der Waals surface area contributed by atoms with E-state index in [1.807, 2.05) is 0 Å². The van der Waals surface area contributed by atoms with Crippen LogP contribution in [0.3, 0.4) is 0 Å². The molecule has 208 valence electrons. The summed E-state index contributed by atoms with van der Waals surface area (Å²) in [4.78, 5) is 15.1. The molecule has 0 saturated heterocycles. The number of nitrogens with one attached hydrogen (secondary N) is 1. The number of carboxylic acids is 1. The maximum Gasteiger partial charge on any atom is 0.307 e. The van der Waals surface area contributed by atoms with Gasteiger partial charge < -0.3 is 15.5 Å². The molecule has 9 heteroatoms. The number of rotatable bonds is 12. The molecule has 0 saturated carbocycles. The molecule has 1 aliphatic carbocycles. The van der Waals surface area contributed by atoms with Crippen LogP contribution in [0.25, 0.3) is 11.1 Å². The van der Waals surface area contributed by atoms with Gasteiger partial charge in [0.25, 0.3) is 0 Å². The van der Waals surface area contributed by atoms with Gasteiger partial charge in [0.15, 0.2) is 0 Å². The summed E-state index contributed by atoms with van der Waals surface area (Å²) in [7, 11) is -2.44. The Balaban J connectivity index is 1.33. The van der Waals surface area contributed by atoms with E-state index in [9.17, 15) is 18.3 Å². The fourth-order valence-corrected chi connectivity index (χ4v) is 6.53. The molecule has 0 unspecified atom stereocenters. The van der Waals surface area contributed by atoms with E-state index in [0.717, 1.165) is 29.1 Å². The third kappa shape index (κ3) is 7.51. The number of hydrogen-bond donors (Lipinski definition) is 3. The van der Waals surface area contributed by atoms with Gasteiger partial charge in [-0.3, -0.25) is 9.78 Å². The second-order valence-electron chi connectivity index (χ2n) is 11.1. The molecule has 0 amide bonds. The zero-order valence-corrected chi connectivity index (χ0v) is 23.5. The smallest absolute Gasteiger partial charge is 0.307 e. The van der Waals surface area contributed by atoms with Crippen molar-refractivity contribution in [2.75, 3.05) is 20.1 Å². The lowest BCUT2D eigenvalue weighted by Gasteiger charge is -2.31. The van der Waals surface area contributed by atoms with Gasteiger partial charge in [0.1, 0.15) is 4.90 Å². The number of aliphatic carboxylic acids is 1. The van der Waals surface area contributed by atoms with E-state index in [1.54, 1.807) is 36.5 Å². The second-order valence-corrected chi connectivity index (χ2v) is 13.2. The molecule has 0 bridgehead atoms. The molecule has 1 aromatic heterocycles. The SMILES string of the molecule is CN(C[C@H](O)CNC(C)(C)CC1Cc2ccccc2C1)S(=O)(=O)c1cncc(-c2ccc(CC(=O)O)cc2)c1. The summed E-state index contributed by atoms with van der Waals surface area (Å²) in [6, 6.07) is 17.0. The lowest BCUT2D eigenvalue weighted by Crippen LogP contribution is -2.47. The number of aromatic nitrogens is 1. The van der Waals surface area contributed by atoms with Crippen LogP contribution in [0.4, 0.5) is 0 Å². The summed E-state index contributed by atoms with van der Waals surface area (Å²) in [6.07, 6.45) is 4.97. The van der Waals surface area contributed by atoms with E-state index in [1.165, 1.54) is 24.4 Å². The van der Waals surface area contributed by atoms with Crippen molar-refractivity contribution in [2.24, 2.45) is 5.92 Å². The van der Waals surface area contributed by atoms with Crippen LogP contribution in [-0.4, -0.2) is 65.7 Å². The number of likely N-dealkylation sites (N-methyl/N-ethyl adjacent to an activating group) is 1. The largest absolute Gasteiger partial charge is 0.481 e. The Labute approximate surface area is 230 Å². The first-order valence-corrected chi connectivity index (χ1v) is 14.6. The molecule has 3 aromatic rings. The number of pyridine rings is 1. The van der Waals surface area contributed by atoms with Crippen molar-refractivity contribution in [1.29, 1.82) is 0 Å². The predicted octanol–water partition coefficient (Wildman–Crippen LogP) is 3.53. The van der Waals surface area contributed by atoms with Crippen LogP contribution in [-0.2, 0) is 34.1 Å². The van der Waals surface area contributed by atoms with E-state index in [2.05, 4.69) is 48.4 Å². The fourth-order valence-electron chi connectivity index (χ4n) is 5.33. The molecule has 1 aliphatic rings. The van der Waals surface area contributed by atoms with E-state index >= 15 is 0 Å². The second kappa shape index (κ2) is 12.0. The van der Waals surface area contributed by atoms with Gasteiger partial charge in [-0.2, -0.15) is 4.31 Å². The van der Waals surface area contributed by atoms with E-state index in [-0.39, 0.29) is 29.9 Å². The summed E-state index contributed by atoms with van der Waals surface area (Å²) in [5, 5.41) is 23.1. The molecule has 39 heavy (non-hydrogen) atoms. The van der Waals surface area contributed by atoms with Crippen LogP contribution < -0.4 is 5.32 Å². The number of carboxylic acid groups (broad SMARTS) is 1. The summed E-state index contributed by atoms with van der Waals surface area (Å²) in [5.41, 5.74) is 4.61. The monoisotopic (exact) mass is 551 g/mol. The first kappa shape index (κ1) is 28.9. The molecule has 4 rings (SSSR count). The Hall–Kier alpha value is -3.11.